The second kappa shape index (κ2) is 4.83. The first-order chi connectivity index (χ1) is 6.32. The van der Waals surface area contributed by atoms with Crippen molar-refractivity contribution >= 4 is 12.4 Å². The molecule has 0 radical (unpaired) electrons. The minimum Gasteiger partial charge on any atom is -0.330 e. The van der Waals surface area contributed by atoms with Crippen LogP contribution in [0.25, 0.3) is 0 Å². The van der Waals surface area contributed by atoms with Gasteiger partial charge in [0.2, 0.25) is 6.41 Å². The van der Waals surface area contributed by atoms with Crippen LogP contribution >= 0.6 is 0 Å². The van der Waals surface area contributed by atoms with Gasteiger partial charge in [0.15, 0.2) is 0 Å². The Hall–Kier alpha value is -1.27. The lowest BCUT2D eigenvalue weighted by Crippen LogP contribution is -2.38. The van der Waals surface area contributed by atoms with E-state index >= 15 is 0 Å². The molecule has 7 heteroatoms. The van der Waals surface area contributed by atoms with E-state index in [1.54, 1.807) is 6.92 Å². The summed E-state index contributed by atoms with van der Waals surface area (Å²) in [6.45, 7) is 3.10. The minimum atomic E-state index is -5.09. The maximum atomic E-state index is 11.7. The first-order valence-corrected chi connectivity index (χ1v) is 3.85. The van der Waals surface area contributed by atoms with Gasteiger partial charge in [-0.3, -0.25) is 4.79 Å². The summed E-state index contributed by atoms with van der Waals surface area (Å²) in [5.74, 6) is -2.40. The van der Waals surface area contributed by atoms with Crippen LogP contribution in [0.1, 0.15) is 20.3 Å². The molecular weight excluding hydrogens is 203 g/mol. The van der Waals surface area contributed by atoms with E-state index in [1.165, 1.54) is 6.92 Å². The molecule has 0 aliphatic carbocycles. The van der Waals surface area contributed by atoms with Crippen molar-refractivity contribution < 1.29 is 27.6 Å². The zero-order valence-corrected chi connectivity index (χ0v) is 7.67. The van der Waals surface area contributed by atoms with Crippen molar-refractivity contribution in [1.29, 1.82) is 0 Å². The molecule has 1 atom stereocenters. The second-order valence-electron chi connectivity index (χ2n) is 2.60. The predicted molar refractivity (Wildman–Crippen MR) is 39.8 cm³/mol. The third kappa shape index (κ3) is 3.63. The van der Waals surface area contributed by atoms with Crippen LogP contribution in [0, 0.1) is 0 Å². The van der Waals surface area contributed by atoms with Crippen molar-refractivity contribution in [2.75, 3.05) is 0 Å². The van der Waals surface area contributed by atoms with Crippen molar-refractivity contribution in [2.45, 2.75) is 32.5 Å². The molecule has 1 unspecified atom stereocenters. The molecule has 0 saturated carbocycles. The number of rotatable bonds is 4. The Morgan fingerprint density at radius 2 is 2.07 bits per heavy atom. The van der Waals surface area contributed by atoms with Gasteiger partial charge in [0.25, 0.3) is 0 Å². The summed E-state index contributed by atoms with van der Waals surface area (Å²) in [6, 6.07) is -0.584. The molecule has 0 aromatic rings. The van der Waals surface area contributed by atoms with Gasteiger partial charge in [-0.25, -0.2) is 4.79 Å². The Balaban J connectivity index is 4.33. The Labute approximate surface area is 78.6 Å². The van der Waals surface area contributed by atoms with Gasteiger partial charge in [-0.2, -0.15) is 18.2 Å². The molecule has 4 nitrogen and oxygen atoms in total. The molecule has 82 valence electrons. The number of carbonyl (C=O) groups excluding carboxylic acids is 2. The van der Waals surface area contributed by atoms with Gasteiger partial charge in [-0.05, 0) is 13.3 Å². The second-order valence-corrected chi connectivity index (χ2v) is 2.60. The van der Waals surface area contributed by atoms with E-state index in [9.17, 15) is 22.8 Å². The van der Waals surface area contributed by atoms with Crippen LogP contribution in [0.15, 0.2) is 0 Å². The van der Waals surface area contributed by atoms with Crippen LogP contribution in [0.2, 0.25) is 0 Å². The van der Waals surface area contributed by atoms with Crippen molar-refractivity contribution in [3.63, 3.8) is 0 Å². The van der Waals surface area contributed by atoms with Gasteiger partial charge in [-0.1, -0.05) is 6.92 Å². The average Bonchev–Trinajstić information content (AvgIpc) is 2.10. The molecule has 0 aromatic carbocycles. The highest BCUT2D eigenvalue weighted by molar-refractivity contribution is 5.76. The fraction of sp³-hybridized carbons (Fsp3) is 0.714. The molecule has 0 rings (SSSR count). The molecule has 0 bridgehead atoms. The zero-order valence-electron chi connectivity index (χ0n) is 7.67. The molecule has 0 N–H and O–H groups in total. The fourth-order valence-corrected chi connectivity index (χ4v) is 0.543. The molecule has 0 heterocycles. The lowest BCUT2D eigenvalue weighted by Gasteiger charge is -2.22. The maximum Gasteiger partial charge on any atom is 0.493 e. The van der Waals surface area contributed by atoms with E-state index in [0.29, 0.717) is 11.5 Å². The molecular formula is C7H10F3NO3. The summed E-state index contributed by atoms with van der Waals surface area (Å²) in [5, 5.41) is 0.343. The molecule has 0 saturated heterocycles. The highest BCUT2D eigenvalue weighted by Crippen LogP contribution is 2.17. The van der Waals surface area contributed by atoms with Gasteiger partial charge < -0.3 is 4.84 Å². The summed E-state index contributed by atoms with van der Waals surface area (Å²) in [5.41, 5.74) is 0. The number of hydrogen-bond acceptors (Lipinski definition) is 3. The number of hydrogen-bond donors (Lipinski definition) is 0. The quantitative estimate of drug-likeness (QED) is 0.521. The molecule has 1 amide bonds. The van der Waals surface area contributed by atoms with Gasteiger partial charge >= 0.3 is 12.1 Å². The summed E-state index contributed by atoms with van der Waals surface area (Å²) in [4.78, 5) is 24.4. The Kier molecular flexibility index (Phi) is 4.39. The number of hydroxylamine groups is 2. The number of amides is 1. The maximum absolute atomic E-state index is 11.7. The third-order valence-electron chi connectivity index (χ3n) is 1.55. The van der Waals surface area contributed by atoms with E-state index in [4.69, 9.17) is 0 Å². The third-order valence-corrected chi connectivity index (χ3v) is 1.55. The Bertz CT molecular complexity index is 217. The van der Waals surface area contributed by atoms with Crippen molar-refractivity contribution in [2.24, 2.45) is 0 Å². The van der Waals surface area contributed by atoms with Crippen molar-refractivity contribution in [3.05, 3.63) is 0 Å². The molecule has 0 aliphatic rings. The topological polar surface area (TPSA) is 46.6 Å². The lowest BCUT2D eigenvalue weighted by molar-refractivity contribution is -0.238. The van der Waals surface area contributed by atoms with Crippen LogP contribution in [0.4, 0.5) is 13.2 Å². The monoisotopic (exact) mass is 213 g/mol. The number of carbonyl (C=O) groups is 2. The number of nitrogens with zero attached hydrogens (tertiary/aromatic N) is 1. The number of alkyl halides is 3. The summed E-state index contributed by atoms with van der Waals surface area (Å²) < 4.78 is 35.1. The summed E-state index contributed by atoms with van der Waals surface area (Å²) in [7, 11) is 0. The molecule has 0 fully saturated rings. The fourth-order valence-electron chi connectivity index (χ4n) is 0.543. The van der Waals surface area contributed by atoms with Gasteiger partial charge in [0.1, 0.15) is 0 Å². The van der Waals surface area contributed by atoms with Gasteiger partial charge in [0.05, 0.1) is 6.04 Å². The van der Waals surface area contributed by atoms with Crippen molar-refractivity contribution in [1.82, 2.24) is 5.06 Å². The van der Waals surface area contributed by atoms with Crippen LogP contribution in [0.3, 0.4) is 0 Å². The Morgan fingerprint density at radius 1 is 1.57 bits per heavy atom. The molecule has 0 aromatic heterocycles. The van der Waals surface area contributed by atoms with E-state index in [-0.39, 0.29) is 6.41 Å². The smallest absolute Gasteiger partial charge is 0.330 e. The first-order valence-electron chi connectivity index (χ1n) is 3.85. The SMILES string of the molecule is CCC(C)N(C=O)OC(=O)C(F)(F)F. The van der Waals surface area contributed by atoms with Gasteiger partial charge in [-0.15, -0.1) is 0 Å². The highest BCUT2D eigenvalue weighted by Gasteiger charge is 2.43. The predicted octanol–water partition coefficient (Wildman–Crippen LogP) is 1.26. The zero-order chi connectivity index (χ0) is 11.4. The normalized spacial score (nSPS) is 13.2. The molecule has 14 heavy (non-hydrogen) atoms. The molecule has 0 aliphatic heterocycles. The van der Waals surface area contributed by atoms with E-state index in [2.05, 4.69) is 4.84 Å². The Morgan fingerprint density at radius 3 is 2.36 bits per heavy atom. The first kappa shape index (κ1) is 12.7. The van der Waals surface area contributed by atoms with Crippen LogP contribution in [-0.2, 0) is 14.4 Å². The minimum absolute atomic E-state index is 0.0395. The van der Waals surface area contributed by atoms with E-state index in [0.717, 1.165) is 0 Å². The van der Waals surface area contributed by atoms with Crippen molar-refractivity contribution in [3.8, 4) is 0 Å². The highest BCUT2D eigenvalue weighted by atomic mass is 19.4. The molecule has 0 spiro atoms. The van der Waals surface area contributed by atoms with Crippen LogP contribution < -0.4 is 0 Å². The van der Waals surface area contributed by atoms with Crippen LogP contribution in [0.5, 0.6) is 0 Å². The lowest BCUT2D eigenvalue weighted by atomic mass is 10.3. The average molecular weight is 213 g/mol. The van der Waals surface area contributed by atoms with E-state index in [1.807, 2.05) is 0 Å². The standard InChI is InChI=1S/C7H10F3NO3/c1-3-5(2)11(4-12)14-6(13)7(8,9)10/h4-5H,3H2,1-2H3. The summed E-state index contributed by atoms with van der Waals surface area (Å²) in [6.07, 6.45) is -4.67. The van der Waals surface area contributed by atoms with Gasteiger partial charge in [0, 0.05) is 0 Å². The number of halogens is 3. The van der Waals surface area contributed by atoms with Crippen LogP contribution in [-0.4, -0.2) is 29.7 Å². The van der Waals surface area contributed by atoms with E-state index < -0.39 is 18.2 Å². The summed E-state index contributed by atoms with van der Waals surface area (Å²) >= 11 is 0. The largest absolute Gasteiger partial charge is 0.493 e.